The highest BCUT2D eigenvalue weighted by atomic mass is 16.3. The second kappa shape index (κ2) is 5.67. The molecule has 0 bridgehead atoms. The summed E-state index contributed by atoms with van der Waals surface area (Å²) in [5, 5.41) is 3.18. The Balaban J connectivity index is 1.82. The van der Waals surface area contributed by atoms with Gasteiger partial charge in [0.25, 0.3) is 0 Å². The molecule has 4 nitrogen and oxygen atoms in total. The van der Waals surface area contributed by atoms with Gasteiger partial charge >= 0.3 is 0 Å². The number of pyridine rings is 1. The molecule has 20 heavy (non-hydrogen) atoms. The first kappa shape index (κ1) is 13.2. The van der Waals surface area contributed by atoms with Gasteiger partial charge in [-0.2, -0.15) is 0 Å². The molecular formula is C16H21N3O. The van der Waals surface area contributed by atoms with Crippen LogP contribution in [0.15, 0.2) is 34.9 Å². The summed E-state index contributed by atoms with van der Waals surface area (Å²) < 4.78 is 5.48. The summed E-state index contributed by atoms with van der Waals surface area (Å²) in [4.78, 5) is 7.13. The Labute approximate surface area is 119 Å². The molecule has 0 unspecified atom stereocenters. The van der Waals surface area contributed by atoms with Crippen molar-refractivity contribution in [3.05, 3.63) is 47.5 Å². The molecule has 4 heteroatoms. The van der Waals surface area contributed by atoms with E-state index in [1.165, 1.54) is 18.4 Å². The van der Waals surface area contributed by atoms with Crippen LogP contribution in [0.25, 0.3) is 0 Å². The van der Waals surface area contributed by atoms with Gasteiger partial charge in [-0.25, -0.2) is 4.98 Å². The zero-order valence-corrected chi connectivity index (χ0v) is 12.1. The molecule has 0 aromatic carbocycles. The van der Waals surface area contributed by atoms with Crippen molar-refractivity contribution in [2.45, 2.75) is 38.9 Å². The van der Waals surface area contributed by atoms with Crippen molar-refractivity contribution in [3.8, 4) is 0 Å². The van der Waals surface area contributed by atoms with Crippen LogP contribution in [0.4, 0.5) is 5.82 Å². The van der Waals surface area contributed by atoms with Crippen molar-refractivity contribution in [1.82, 2.24) is 10.3 Å². The zero-order valence-electron chi connectivity index (χ0n) is 12.1. The number of aryl methyl sites for hydroxylation is 1. The van der Waals surface area contributed by atoms with Gasteiger partial charge in [0.15, 0.2) is 0 Å². The van der Waals surface area contributed by atoms with E-state index in [0.29, 0.717) is 6.04 Å². The number of rotatable bonds is 6. The lowest BCUT2D eigenvalue weighted by Crippen LogP contribution is -2.26. The maximum atomic E-state index is 5.48. The Kier molecular flexibility index (Phi) is 3.74. The SMILES string of the molecule is CNCc1ccc(N(Cc2ccco2)C2CC2)nc1C. The summed E-state index contributed by atoms with van der Waals surface area (Å²) in [6, 6.07) is 8.88. The van der Waals surface area contributed by atoms with E-state index in [1.54, 1.807) is 6.26 Å². The highest BCUT2D eigenvalue weighted by Gasteiger charge is 2.30. The average Bonchev–Trinajstić information content (AvgIpc) is 3.15. The number of furan rings is 1. The third-order valence-electron chi connectivity index (χ3n) is 3.74. The molecule has 0 aliphatic heterocycles. The Hall–Kier alpha value is -1.81. The number of aromatic nitrogens is 1. The van der Waals surface area contributed by atoms with E-state index >= 15 is 0 Å². The second-order valence-electron chi connectivity index (χ2n) is 5.38. The van der Waals surface area contributed by atoms with E-state index in [9.17, 15) is 0 Å². The highest BCUT2D eigenvalue weighted by Crippen LogP contribution is 2.32. The average molecular weight is 271 g/mol. The first-order valence-electron chi connectivity index (χ1n) is 7.18. The molecule has 1 N–H and O–H groups in total. The lowest BCUT2D eigenvalue weighted by atomic mass is 10.2. The molecule has 1 aliphatic carbocycles. The summed E-state index contributed by atoms with van der Waals surface area (Å²) in [6.07, 6.45) is 4.23. The summed E-state index contributed by atoms with van der Waals surface area (Å²) >= 11 is 0. The lowest BCUT2D eigenvalue weighted by Gasteiger charge is -2.23. The van der Waals surface area contributed by atoms with Crippen molar-refractivity contribution in [2.75, 3.05) is 11.9 Å². The molecule has 1 fully saturated rings. The summed E-state index contributed by atoms with van der Waals surface area (Å²) in [5.74, 6) is 2.05. The highest BCUT2D eigenvalue weighted by molar-refractivity contribution is 5.44. The second-order valence-corrected chi connectivity index (χ2v) is 5.38. The normalized spacial score (nSPS) is 14.5. The smallest absolute Gasteiger partial charge is 0.129 e. The fourth-order valence-electron chi connectivity index (χ4n) is 2.47. The molecule has 2 aromatic rings. The monoisotopic (exact) mass is 271 g/mol. The van der Waals surface area contributed by atoms with Crippen LogP contribution in [0.1, 0.15) is 29.9 Å². The number of anilines is 1. The van der Waals surface area contributed by atoms with Gasteiger partial charge in [-0.15, -0.1) is 0 Å². The standard InChI is InChI=1S/C16H21N3O/c1-12-13(10-17-2)5-8-16(18-12)19(14-6-7-14)11-15-4-3-9-20-15/h3-5,8-9,14,17H,6-7,10-11H2,1-2H3. The molecule has 0 atom stereocenters. The van der Waals surface area contributed by atoms with Crippen LogP contribution in [-0.2, 0) is 13.1 Å². The largest absolute Gasteiger partial charge is 0.467 e. The fraction of sp³-hybridized carbons (Fsp3) is 0.438. The van der Waals surface area contributed by atoms with E-state index in [-0.39, 0.29) is 0 Å². The Morgan fingerprint density at radius 1 is 1.35 bits per heavy atom. The molecule has 0 saturated heterocycles. The fourth-order valence-corrected chi connectivity index (χ4v) is 2.47. The van der Waals surface area contributed by atoms with Crippen LogP contribution in [0.3, 0.4) is 0 Å². The molecule has 1 aliphatic rings. The molecule has 0 spiro atoms. The summed E-state index contributed by atoms with van der Waals surface area (Å²) in [6.45, 7) is 3.74. The first-order chi connectivity index (χ1) is 9.78. The van der Waals surface area contributed by atoms with Crippen molar-refractivity contribution >= 4 is 5.82 Å². The Morgan fingerprint density at radius 2 is 2.20 bits per heavy atom. The molecule has 0 radical (unpaired) electrons. The summed E-state index contributed by atoms with van der Waals surface area (Å²) in [5.41, 5.74) is 2.35. The third kappa shape index (κ3) is 2.85. The third-order valence-corrected chi connectivity index (χ3v) is 3.74. The Bertz CT molecular complexity index is 561. The van der Waals surface area contributed by atoms with Crippen molar-refractivity contribution < 1.29 is 4.42 Å². The van der Waals surface area contributed by atoms with Gasteiger partial charge in [0.2, 0.25) is 0 Å². The van der Waals surface area contributed by atoms with E-state index in [4.69, 9.17) is 9.40 Å². The van der Waals surface area contributed by atoms with E-state index < -0.39 is 0 Å². The molecule has 106 valence electrons. The molecule has 2 aromatic heterocycles. The predicted octanol–water partition coefficient (Wildman–Crippen LogP) is 2.87. The maximum Gasteiger partial charge on any atom is 0.129 e. The predicted molar refractivity (Wildman–Crippen MR) is 79.7 cm³/mol. The van der Waals surface area contributed by atoms with Crippen LogP contribution in [0, 0.1) is 6.92 Å². The van der Waals surface area contributed by atoms with Crippen molar-refractivity contribution in [2.24, 2.45) is 0 Å². The molecule has 3 rings (SSSR count). The number of nitrogens with zero attached hydrogens (tertiary/aromatic N) is 2. The molecule has 1 saturated carbocycles. The maximum absolute atomic E-state index is 5.48. The van der Waals surface area contributed by atoms with Crippen molar-refractivity contribution in [3.63, 3.8) is 0 Å². The quantitative estimate of drug-likeness (QED) is 0.877. The van der Waals surface area contributed by atoms with E-state index in [1.807, 2.05) is 19.2 Å². The molecular weight excluding hydrogens is 250 g/mol. The molecule has 0 amide bonds. The molecule has 2 heterocycles. The van der Waals surface area contributed by atoms with Gasteiger partial charge < -0.3 is 14.6 Å². The Morgan fingerprint density at radius 3 is 2.80 bits per heavy atom. The van der Waals surface area contributed by atoms with E-state index in [0.717, 1.165) is 30.4 Å². The zero-order chi connectivity index (χ0) is 13.9. The van der Waals surface area contributed by atoms with Gasteiger partial charge in [0.1, 0.15) is 11.6 Å². The van der Waals surface area contributed by atoms with Gasteiger partial charge in [-0.05, 0) is 50.6 Å². The van der Waals surface area contributed by atoms with Crippen LogP contribution in [0.5, 0.6) is 0 Å². The van der Waals surface area contributed by atoms with Crippen LogP contribution in [-0.4, -0.2) is 18.1 Å². The first-order valence-corrected chi connectivity index (χ1v) is 7.18. The van der Waals surface area contributed by atoms with Crippen LogP contribution in [0.2, 0.25) is 0 Å². The van der Waals surface area contributed by atoms with Crippen LogP contribution >= 0.6 is 0 Å². The number of hydrogen-bond donors (Lipinski definition) is 1. The summed E-state index contributed by atoms with van der Waals surface area (Å²) in [7, 11) is 1.96. The lowest BCUT2D eigenvalue weighted by molar-refractivity contribution is 0.500. The minimum Gasteiger partial charge on any atom is -0.467 e. The van der Waals surface area contributed by atoms with Crippen LogP contribution < -0.4 is 10.2 Å². The minimum absolute atomic E-state index is 0.613. The van der Waals surface area contributed by atoms with Gasteiger partial charge in [0.05, 0.1) is 12.8 Å². The topological polar surface area (TPSA) is 41.3 Å². The van der Waals surface area contributed by atoms with Gasteiger partial charge in [0, 0.05) is 18.3 Å². The van der Waals surface area contributed by atoms with E-state index in [2.05, 4.69) is 29.3 Å². The van der Waals surface area contributed by atoms with Gasteiger partial charge in [-0.1, -0.05) is 6.07 Å². The number of nitrogens with one attached hydrogen (secondary N) is 1. The van der Waals surface area contributed by atoms with Gasteiger partial charge in [-0.3, -0.25) is 0 Å². The minimum atomic E-state index is 0.613. The number of hydrogen-bond acceptors (Lipinski definition) is 4. The van der Waals surface area contributed by atoms with Crippen molar-refractivity contribution in [1.29, 1.82) is 0 Å².